The third-order valence-corrected chi connectivity index (χ3v) is 3.99. The fourth-order valence-electron chi connectivity index (χ4n) is 2.39. The number of hydrogen-bond acceptors (Lipinski definition) is 4. The third kappa shape index (κ3) is 3.67. The summed E-state index contributed by atoms with van der Waals surface area (Å²) in [5.41, 5.74) is 0.283. The quantitative estimate of drug-likeness (QED) is 0.835. The number of rotatable bonds is 7. The standard InChI is InChI=1S/C16H23N3O3/c1-10(2)8-17-15(20)14-7-13(22-18-14)9-19(12-5-6-12)16(21)11-3-4-11/h7,10-12H,3-6,8-9H2,1-2H3,(H,17,20). The Bertz CT molecular complexity index is 559. The number of nitrogens with one attached hydrogen (secondary N) is 1. The Labute approximate surface area is 130 Å². The van der Waals surface area contributed by atoms with Crippen LogP contribution in [0.5, 0.6) is 0 Å². The zero-order chi connectivity index (χ0) is 15.7. The molecule has 6 nitrogen and oxygen atoms in total. The number of carbonyl (C=O) groups is 2. The van der Waals surface area contributed by atoms with Crippen molar-refractivity contribution in [3.63, 3.8) is 0 Å². The average Bonchev–Trinajstić information content (AvgIpc) is 3.39. The van der Waals surface area contributed by atoms with Crippen molar-refractivity contribution in [1.82, 2.24) is 15.4 Å². The van der Waals surface area contributed by atoms with Crippen LogP contribution in [0.25, 0.3) is 0 Å². The van der Waals surface area contributed by atoms with Gasteiger partial charge in [-0.2, -0.15) is 0 Å². The fraction of sp³-hybridized carbons (Fsp3) is 0.688. The second kappa shape index (κ2) is 6.10. The highest BCUT2D eigenvalue weighted by atomic mass is 16.5. The van der Waals surface area contributed by atoms with Crippen LogP contribution in [0.15, 0.2) is 10.6 Å². The lowest BCUT2D eigenvalue weighted by Gasteiger charge is -2.20. The van der Waals surface area contributed by atoms with E-state index < -0.39 is 0 Å². The highest BCUT2D eigenvalue weighted by Crippen LogP contribution is 2.36. The summed E-state index contributed by atoms with van der Waals surface area (Å²) in [4.78, 5) is 26.1. The lowest BCUT2D eigenvalue weighted by molar-refractivity contribution is -0.134. The number of nitrogens with zero attached hydrogens (tertiary/aromatic N) is 2. The Morgan fingerprint density at radius 2 is 2.09 bits per heavy atom. The maximum Gasteiger partial charge on any atom is 0.273 e. The van der Waals surface area contributed by atoms with E-state index in [9.17, 15) is 9.59 Å². The Morgan fingerprint density at radius 3 is 2.68 bits per heavy atom. The number of amides is 2. The van der Waals surface area contributed by atoms with Crippen LogP contribution in [0.3, 0.4) is 0 Å². The molecule has 2 aliphatic carbocycles. The summed E-state index contributed by atoms with van der Waals surface area (Å²) >= 11 is 0. The molecule has 1 heterocycles. The van der Waals surface area contributed by atoms with Crippen LogP contribution in [0.2, 0.25) is 0 Å². The van der Waals surface area contributed by atoms with E-state index in [4.69, 9.17) is 4.52 Å². The monoisotopic (exact) mass is 305 g/mol. The molecule has 1 aromatic heterocycles. The molecule has 6 heteroatoms. The van der Waals surface area contributed by atoms with Gasteiger partial charge in [-0.3, -0.25) is 9.59 Å². The Morgan fingerprint density at radius 1 is 1.36 bits per heavy atom. The molecule has 2 fully saturated rings. The zero-order valence-corrected chi connectivity index (χ0v) is 13.2. The van der Waals surface area contributed by atoms with Gasteiger partial charge in [-0.1, -0.05) is 19.0 Å². The first-order valence-electron chi connectivity index (χ1n) is 8.09. The Hall–Kier alpha value is -1.85. The van der Waals surface area contributed by atoms with Gasteiger partial charge in [0.05, 0.1) is 6.54 Å². The van der Waals surface area contributed by atoms with Crippen LogP contribution in [0.1, 0.15) is 55.8 Å². The molecule has 1 aromatic rings. The summed E-state index contributed by atoms with van der Waals surface area (Å²) in [5, 5.41) is 6.63. The van der Waals surface area contributed by atoms with Crippen molar-refractivity contribution in [2.24, 2.45) is 11.8 Å². The van der Waals surface area contributed by atoms with Crippen LogP contribution < -0.4 is 5.32 Å². The molecule has 0 spiro atoms. The van der Waals surface area contributed by atoms with E-state index in [-0.39, 0.29) is 23.4 Å². The van der Waals surface area contributed by atoms with Gasteiger partial charge >= 0.3 is 0 Å². The second-order valence-electron chi connectivity index (χ2n) is 6.75. The molecule has 0 unspecified atom stereocenters. The van der Waals surface area contributed by atoms with E-state index in [0.717, 1.165) is 25.7 Å². The zero-order valence-electron chi connectivity index (χ0n) is 13.2. The highest BCUT2D eigenvalue weighted by molar-refractivity contribution is 5.92. The van der Waals surface area contributed by atoms with Gasteiger partial charge in [-0.15, -0.1) is 0 Å². The second-order valence-corrected chi connectivity index (χ2v) is 6.75. The third-order valence-electron chi connectivity index (χ3n) is 3.99. The smallest absolute Gasteiger partial charge is 0.273 e. The SMILES string of the molecule is CC(C)CNC(=O)c1cc(CN(C(=O)C2CC2)C2CC2)on1. The van der Waals surface area contributed by atoms with Gasteiger partial charge in [0, 0.05) is 24.6 Å². The summed E-state index contributed by atoms with van der Waals surface area (Å²) in [6.07, 6.45) is 4.13. The normalized spacial score (nSPS) is 17.6. The molecule has 2 aliphatic rings. The van der Waals surface area contributed by atoms with Crippen LogP contribution in [0, 0.1) is 11.8 Å². The molecule has 0 atom stereocenters. The lowest BCUT2D eigenvalue weighted by Crippen LogP contribution is -2.33. The number of hydrogen-bond donors (Lipinski definition) is 1. The molecule has 1 N–H and O–H groups in total. The summed E-state index contributed by atoms with van der Waals surface area (Å²) in [7, 11) is 0. The van der Waals surface area contributed by atoms with Crippen molar-refractivity contribution in [2.75, 3.05) is 6.54 Å². The molecular weight excluding hydrogens is 282 g/mol. The van der Waals surface area contributed by atoms with Gasteiger partial charge in [-0.05, 0) is 31.6 Å². The Kier molecular flexibility index (Phi) is 4.18. The predicted molar refractivity (Wildman–Crippen MR) is 80.0 cm³/mol. The van der Waals surface area contributed by atoms with Gasteiger partial charge in [0.1, 0.15) is 0 Å². The summed E-state index contributed by atoms with van der Waals surface area (Å²) in [6, 6.07) is 1.99. The van der Waals surface area contributed by atoms with E-state index in [0.29, 0.717) is 30.8 Å². The fourth-order valence-corrected chi connectivity index (χ4v) is 2.39. The maximum absolute atomic E-state index is 12.3. The topological polar surface area (TPSA) is 75.4 Å². The highest BCUT2D eigenvalue weighted by Gasteiger charge is 2.40. The minimum absolute atomic E-state index is 0.206. The Balaban J connectivity index is 1.60. The summed E-state index contributed by atoms with van der Waals surface area (Å²) in [6.45, 7) is 5.09. The molecule has 2 saturated carbocycles. The molecule has 0 saturated heterocycles. The number of carbonyl (C=O) groups excluding carboxylic acids is 2. The van der Waals surface area contributed by atoms with Gasteiger partial charge in [0.25, 0.3) is 5.91 Å². The largest absolute Gasteiger partial charge is 0.359 e. The maximum atomic E-state index is 12.3. The number of aromatic nitrogens is 1. The van der Waals surface area contributed by atoms with E-state index in [2.05, 4.69) is 10.5 Å². The molecule has 0 radical (unpaired) electrons. The van der Waals surface area contributed by atoms with E-state index in [1.807, 2.05) is 18.7 Å². The first-order valence-corrected chi connectivity index (χ1v) is 8.09. The molecule has 0 bridgehead atoms. The van der Waals surface area contributed by atoms with Crippen LogP contribution in [-0.2, 0) is 11.3 Å². The molecule has 0 aliphatic heterocycles. The van der Waals surface area contributed by atoms with Crippen molar-refractivity contribution in [3.8, 4) is 0 Å². The van der Waals surface area contributed by atoms with Gasteiger partial charge in [-0.25, -0.2) is 0 Å². The molecule has 2 amide bonds. The molecule has 3 rings (SSSR count). The minimum atomic E-state index is -0.227. The molecule has 0 aromatic carbocycles. The first-order chi connectivity index (χ1) is 10.5. The van der Waals surface area contributed by atoms with Gasteiger partial charge in [0.2, 0.25) is 5.91 Å². The lowest BCUT2D eigenvalue weighted by atomic mass is 10.2. The van der Waals surface area contributed by atoms with Crippen molar-refractivity contribution in [2.45, 2.75) is 52.1 Å². The summed E-state index contributed by atoms with van der Waals surface area (Å²) < 4.78 is 5.25. The summed E-state index contributed by atoms with van der Waals surface area (Å²) in [5.74, 6) is 1.17. The minimum Gasteiger partial charge on any atom is -0.359 e. The molecular formula is C16H23N3O3. The van der Waals surface area contributed by atoms with Crippen LogP contribution in [0.4, 0.5) is 0 Å². The van der Waals surface area contributed by atoms with Crippen LogP contribution >= 0.6 is 0 Å². The van der Waals surface area contributed by atoms with Gasteiger partial charge in [0.15, 0.2) is 11.5 Å². The van der Waals surface area contributed by atoms with Crippen molar-refractivity contribution >= 4 is 11.8 Å². The van der Waals surface area contributed by atoms with E-state index in [1.54, 1.807) is 6.07 Å². The van der Waals surface area contributed by atoms with Crippen molar-refractivity contribution < 1.29 is 14.1 Å². The predicted octanol–water partition coefficient (Wildman–Crippen LogP) is 1.96. The van der Waals surface area contributed by atoms with Crippen LogP contribution in [-0.4, -0.2) is 34.5 Å². The average molecular weight is 305 g/mol. The van der Waals surface area contributed by atoms with E-state index >= 15 is 0 Å². The van der Waals surface area contributed by atoms with Crippen molar-refractivity contribution in [3.05, 3.63) is 17.5 Å². The molecule has 120 valence electrons. The van der Waals surface area contributed by atoms with E-state index in [1.165, 1.54) is 0 Å². The van der Waals surface area contributed by atoms with Crippen molar-refractivity contribution in [1.29, 1.82) is 0 Å². The first kappa shape index (κ1) is 15.1. The van der Waals surface area contributed by atoms with Gasteiger partial charge < -0.3 is 14.7 Å². The molecule has 22 heavy (non-hydrogen) atoms.